The summed E-state index contributed by atoms with van der Waals surface area (Å²) in [6.45, 7) is 2.46. The van der Waals surface area contributed by atoms with Crippen molar-refractivity contribution in [2.24, 2.45) is 0 Å². The normalized spacial score (nSPS) is 16.8. The van der Waals surface area contributed by atoms with Crippen molar-refractivity contribution in [3.05, 3.63) is 59.6 Å². The minimum atomic E-state index is -0.843. The number of hydrogen-bond donors (Lipinski definition) is 1. The van der Waals surface area contributed by atoms with E-state index < -0.39 is 11.6 Å². The van der Waals surface area contributed by atoms with Crippen LogP contribution in [0.2, 0.25) is 0 Å². The zero-order valence-corrected chi connectivity index (χ0v) is 16.6. The molecule has 4 rings (SSSR count). The molecule has 1 atom stereocenters. The van der Waals surface area contributed by atoms with Gasteiger partial charge in [0.15, 0.2) is 11.6 Å². The van der Waals surface area contributed by atoms with Crippen molar-refractivity contribution < 1.29 is 18.0 Å². The zero-order chi connectivity index (χ0) is 20.9. The smallest absolute Gasteiger partial charge is 0.244 e. The van der Waals surface area contributed by atoms with Gasteiger partial charge < -0.3 is 14.6 Å². The summed E-state index contributed by atoms with van der Waals surface area (Å²) in [5.41, 5.74) is 1.45. The Balaban J connectivity index is 1.51. The van der Waals surface area contributed by atoms with Gasteiger partial charge in [0.05, 0.1) is 18.2 Å². The van der Waals surface area contributed by atoms with Crippen LogP contribution < -0.4 is 5.32 Å². The van der Waals surface area contributed by atoms with E-state index in [9.17, 15) is 8.78 Å². The first-order valence-corrected chi connectivity index (χ1v) is 9.85. The Morgan fingerprint density at radius 1 is 1.27 bits per heavy atom. The van der Waals surface area contributed by atoms with Crippen LogP contribution in [0, 0.1) is 11.6 Å². The van der Waals surface area contributed by atoms with Crippen molar-refractivity contribution in [2.45, 2.75) is 25.4 Å². The third-order valence-electron chi connectivity index (χ3n) is 5.11. The Hall–Kier alpha value is -2.91. The second-order valence-electron chi connectivity index (χ2n) is 7.15. The van der Waals surface area contributed by atoms with Gasteiger partial charge in [0.1, 0.15) is 5.82 Å². The lowest BCUT2D eigenvalue weighted by Crippen LogP contribution is -2.23. The molecule has 1 aliphatic heterocycles. The highest BCUT2D eigenvalue weighted by atomic mass is 19.2. The number of halogens is 2. The monoisotopic (exact) mass is 415 g/mol. The van der Waals surface area contributed by atoms with Crippen LogP contribution >= 0.6 is 0 Å². The molecule has 30 heavy (non-hydrogen) atoms. The van der Waals surface area contributed by atoms with E-state index in [1.807, 2.05) is 12.1 Å². The first-order valence-electron chi connectivity index (χ1n) is 9.85. The third-order valence-corrected chi connectivity index (χ3v) is 5.11. The lowest BCUT2D eigenvalue weighted by Gasteiger charge is -2.21. The van der Waals surface area contributed by atoms with Crippen LogP contribution in [0.5, 0.6) is 0 Å². The van der Waals surface area contributed by atoms with E-state index in [1.54, 1.807) is 19.4 Å². The van der Waals surface area contributed by atoms with E-state index in [0.717, 1.165) is 31.0 Å². The molecule has 1 fully saturated rings. The molecule has 0 amide bonds. The van der Waals surface area contributed by atoms with Crippen LogP contribution in [0.25, 0.3) is 11.4 Å². The molecular formula is C21H23F2N5O2. The van der Waals surface area contributed by atoms with E-state index in [-0.39, 0.29) is 6.04 Å². The van der Waals surface area contributed by atoms with Gasteiger partial charge in [-0.1, -0.05) is 11.2 Å². The van der Waals surface area contributed by atoms with E-state index >= 15 is 0 Å². The van der Waals surface area contributed by atoms with Crippen molar-refractivity contribution in [3.8, 4) is 11.4 Å². The highest BCUT2D eigenvalue weighted by Gasteiger charge is 2.31. The van der Waals surface area contributed by atoms with Gasteiger partial charge in [0.25, 0.3) is 0 Å². The third kappa shape index (κ3) is 4.47. The van der Waals surface area contributed by atoms with Crippen LogP contribution in [0.4, 0.5) is 14.6 Å². The van der Waals surface area contributed by atoms with E-state index in [4.69, 9.17) is 9.26 Å². The Kier molecular flexibility index (Phi) is 6.29. The maximum absolute atomic E-state index is 13.6. The van der Waals surface area contributed by atoms with Gasteiger partial charge in [-0.15, -0.1) is 0 Å². The van der Waals surface area contributed by atoms with Gasteiger partial charge in [0.2, 0.25) is 11.7 Å². The van der Waals surface area contributed by atoms with Crippen LogP contribution in [-0.4, -0.2) is 46.8 Å². The van der Waals surface area contributed by atoms with Crippen LogP contribution in [0.15, 0.2) is 41.1 Å². The number of aromatic nitrogens is 3. The molecule has 0 aliphatic carbocycles. The molecule has 0 unspecified atom stereocenters. The van der Waals surface area contributed by atoms with E-state index in [1.165, 1.54) is 6.07 Å². The Morgan fingerprint density at radius 2 is 2.17 bits per heavy atom. The van der Waals surface area contributed by atoms with Crippen molar-refractivity contribution >= 4 is 5.82 Å². The molecular weight excluding hydrogens is 392 g/mol. The molecule has 158 valence electrons. The second kappa shape index (κ2) is 9.27. The fraction of sp³-hybridized carbons (Fsp3) is 0.381. The first kappa shape index (κ1) is 20.4. The lowest BCUT2D eigenvalue weighted by atomic mass is 10.1. The number of ether oxygens (including phenoxy) is 1. The maximum Gasteiger partial charge on any atom is 0.244 e. The summed E-state index contributed by atoms with van der Waals surface area (Å²) in [5, 5.41) is 7.36. The van der Waals surface area contributed by atoms with Gasteiger partial charge in [-0.25, -0.2) is 13.8 Å². The lowest BCUT2D eigenvalue weighted by molar-refractivity contribution is 0.201. The molecule has 2 aromatic heterocycles. The fourth-order valence-corrected chi connectivity index (χ4v) is 3.65. The number of likely N-dealkylation sites (tertiary alicyclic amines) is 1. The number of methoxy groups -OCH3 is 1. The number of rotatable bonds is 8. The molecule has 1 aliphatic rings. The minimum absolute atomic E-state index is 0.0686. The predicted octanol–water partition coefficient (Wildman–Crippen LogP) is 3.81. The van der Waals surface area contributed by atoms with Gasteiger partial charge in [-0.3, -0.25) is 4.90 Å². The molecule has 3 aromatic rings. The molecule has 0 saturated carbocycles. The molecule has 1 N–H and O–H groups in total. The molecule has 1 saturated heterocycles. The predicted molar refractivity (Wildman–Crippen MR) is 107 cm³/mol. The van der Waals surface area contributed by atoms with Crippen LogP contribution in [0.1, 0.15) is 30.3 Å². The Morgan fingerprint density at radius 3 is 3.00 bits per heavy atom. The number of benzene rings is 1. The molecule has 0 radical (unpaired) electrons. The van der Waals surface area contributed by atoms with E-state index in [0.29, 0.717) is 42.8 Å². The SMILES string of the molecule is COCCNc1ncccc1-c1noc([C@@H]2CCCN2Cc2ccc(F)c(F)c2)n1. The van der Waals surface area contributed by atoms with Crippen molar-refractivity contribution in [1.82, 2.24) is 20.0 Å². The summed E-state index contributed by atoms with van der Waals surface area (Å²) in [7, 11) is 1.64. The van der Waals surface area contributed by atoms with Crippen LogP contribution in [-0.2, 0) is 11.3 Å². The maximum atomic E-state index is 13.6. The number of anilines is 1. The topological polar surface area (TPSA) is 76.3 Å². The molecule has 3 heterocycles. The zero-order valence-electron chi connectivity index (χ0n) is 16.6. The Labute approximate surface area is 173 Å². The minimum Gasteiger partial charge on any atom is -0.383 e. The quantitative estimate of drug-likeness (QED) is 0.561. The van der Waals surface area contributed by atoms with Gasteiger partial charge in [-0.05, 0) is 49.2 Å². The summed E-state index contributed by atoms with van der Waals surface area (Å²) in [6.07, 6.45) is 3.51. The molecule has 1 aromatic carbocycles. The number of pyridine rings is 1. The summed E-state index contributed by atoms with van der Waals surface area (Å²) >= 11 is 0. The van der Waals surface area contributed by atoms with Crippen molar-refractivity contribution in [1.29, 1.82) is 0 Å². The summed E-state index contributed by atoms with van der Waals surface area (Å²) in [6, 6.07) is 7.61. The second-order valence-corrected chi connectivity index (χ2v) is 7.15. The molecule has 0 bridgehead atoms. The number of nitrogens with zero attached hydrogens (tertiary/aromatic N) is 4. The number of nitrogens with one attached hydrogen (secondary N) is 1. The number of hydrogen-bond acceptors (Lipinski definition) is 7. The van der Waals surface area contributed by atoms with Gasteiger partial charge in [-0.2, -0.15) is 4.98 Å². The summed E-state index contributed by atoms with van der Waals surface area (Å²) in [4.78, 5) is 11.1. The Bertz CT molecular complexity index is 997. The van der Waals surface area contributed by atoms with Gasteiger partial charge >= 0.3 is 0 Å². The molecule has 0 spiro atoms. The van der Waals surface area contributed by atoms with Gasteiger partial charge in [0, 0.05) is 26.4 Å². The standard InChI is InChI=1S/C21H23F2N5O2/c1-29-11-9-25-19-15(4-2-8-24-19)20-26-21(30-27-20)18-5-3-10-28(18)13-14-6-7-16(22)17(23)12-14/h2,4,6-8,12,18H,3,5,9-11,13H2,1H3,(H,24,25)/t18-/m0/s1. The first-order chi connectivity index (χ1) is 14.7. The highest BCUT2D eigenvalue weighted by Crippen LogP contribution is 2.34. The summed E-state index contributed by atoms with van der Waals surface area (Å²) in [5.74, 6) is -0.0560. The van der Waals surface area contributed by atoms with Crippen molar-refractivity contribution in [3.63, 3.8) is 0 Å². The summed E-state index contributed by atoms with van der Waals surface area (Å²) < 4.78 is 37.4. The van der Waals surface area contributed by atoms with E-state index in [2.05, 4.69) is 25.3 Å². The average Bonchev–Trinajstić information content (AvgIpc) is 3.41. The largest absolute Gasteiger partial charge is 0.383 e. The average molecular weight is 415 g/mol. The molecule has 9 heteroatoms. The molecule has 7 nitrogen and oxygen atoms in total. The van der Waals surface area contributed by atoms with Crippen molar-refractivity contribution in [2.75, 3.05) is 32.1 Å². The van der Waals surface area contributed by atoms with Crippen LogP contribution in [0.3, 0.4) is 0 Å². The fourth-order valence-electron chi connectivity index (χ4n) is 3.65. The highest BCUT2D eigenvalue weighted by molar-refractivity contribution is 5.69.